The lowest BCUT2D eigenvalue weighted by Crippen LogP contribution is -2.28. The fourth-order valence-electron chi connectivity index (χ4n) is 3.67. The van der Waals surface area contributed by atoms with E-state index in [1.165, 1.54) is 0 Å². The highest BCUT2D eigenvalue weighted by atomic mass is 16.2. The molecule has 3 aromatic rings. The second-order valence-electron chi connectivity index (χ2n) is 8.13. The normalized spacial score (nSPS) is 15.5. The van der Waals surface area contributed by atoms with Crippen LogP contribution in [0, 0.1) is 19.8 Å². The predicted molar refractivity (Wildman–Crippen MR) is 126 cm³/mol. The van der Waals surface area contributed by atoms with Gasteiger partial charge in [0.15, 0.2) is 0 Å². The Bertz CT molecular complexity index is 1150. The molecule has 4 rings (SSSR count). The maximum absolute atomic E-state index is 12.7. The van der Waals surface area contributed by atoms with Crippen LogP contribution >= 0.6 is 0 Å². The summed E-state index contributed by atoms with van der Waals surface area (Å²) < 4.78 is 0. The molecule has 1 fully saturated rings. The molecule has 32 heavy (non-hydrogen) atoms. The van der Waals surface area contributed by atoms with Gasteiger partial charge in [0, 0.05) is 35.6 Å². The number of benzene rings is 3. The topological polar surface area (TPSA) is 78.5 Å². The molecule has 1 heterocycles. The number of hydrogen-bond acceptors (Lipinski definition) is 3. The predicted octanol–water partition coefficient (Wildman–Crippen LogP) is 4.55. The Morgan fingerprint density at radius 1 is 0.844 bits per heavy atom. The summed E-state index contributed by atoms with van der Waals surface area (Å²) in [6.45, 7) is 4.24. The molecule has 0 radical (unpaired) electrons. The van der Waals surface area contributed by atoms with Gasteiger partial charge in [-0.3, -0.25) is 14.4 Å². The lowest BCUT2D eigenvalue weighted by molar-refractivity contribution is -0.122. The first-order chi connectivity index (χ1) is 15.4. The van der Waals surface area contributed by atoms with Gasteiger partial charge < -0.3 is 15.5 Å². The van der Waals surface area contributed by atoms with Gasteiger partial charge >= 0.3 is 0 Å². The molecule has 3 amide bonds. The summed E-state index contributed by atoms with van der Waals surface area (Å²) in [4.78, 5) is 39.5. The number of rotatable bonds is 5. The Morgan fingerprint density at radius 2 is 1.44 bits per heavy atom. The van der Waals surface area contributed by atoms with Gasteiger partial charge in [-0.25, -0.2) is 0 Å². The Balaban J connectivity index is 1.43. The summed E-state index contributed by atoms with van der Waals surface area (Å²) in [7, 11) is 0. The van der Waals surface area contributed by atoms with Crippen LogP contribution in [0.3, 0.4) is 0 Å². The summed E-state index contributed by atoms with van der Waals surface area (Å²) >= 11 is 0. The van der Waals surface area contributed by atoms with Gasteiger partial charge in [-0.2, -0.15) is 0 Å². The summed E-state index contributed by atoms with van der Waals surface area (Å²) in [5.74, 6) is -1.02. The van der Waals surface area contributed by atoms with E-state index in [0.29, 0.717) is 22.6 Å². The van der Waals surface area contributed by atoms with Crippen molar-refractivity contribution in [3.8, 4) is 0 Å². The Hall–Kier alpha value is -3.93. The van der Waals surface area contributed by atoms with E-state index >= 15 is 0 Å². The third-order valence-electron chi connectivity index (χ3n) is 5.54. The summed E-state index contributed by atoms with van der Waals surface area (Å²) in [6, 6.07) is 22.0. The van der Waals surface area contributed by atoms with Crippen molar-refractivity contribution in [1.82, 2.24) is 0 Å². The lowest BCUT2D eigenvalue weighted by atomic mass is 10.1. The van der Waals surface area contributed by atoms with Crippen LogP contribution in [0.1, 0.15) is 27.9 Å². The monoisotopic (exact) mass is 427 g/mol. The molecule has 2 N–H and O–H groups in total. The molecule has 0 aromatic heterocycles. The number of amides is 3. The smallest absolute Gasteiger partial charge is 0.255 e. The van der Waals surface area contributed by atoms with Crippen LogP contribution in [0.5, 0.6) is 0 Å². The molecule has 3 aromatic carbocycles. The van der Waals surface area contributed by atoms with Gasteiger partial charge in [-0.15, -0.1) is 0 Å². The van der Waals surface area contributed by atoms with Crippen LogP contribution in [-0.4, -0.2) is 24.3 Å². The van der Waals surface area contributed by atoms with Crippen molar-refractivity contribution in [2.24, 2.45) is 5.92 Å². The molecule has 0 saturated carbocycles. The average Bonchev–Trinajstić information content (AvgIpc) is 3.19. The SMILES string of the molecule is Cc1ccc(NC(=O)c2cccc(N3C[C@H](C(=O)Nc4ccc(C)cc4)CC3=O)c2)cc1. The van der Waals surface area contributed by atoms with E-state index in [1.54, 1.807) is 29.2 Å². The van der Waals surface area contributed by atoms with Crippen LogP contribution in [-0.2, 0) is 9.59 Å². The van der Waals surface area contributed by atoms with Crippen molar-refractivity contribution >= 4 is 34.8 Å². The van der Waals surface area contributed by atoms with Crippen LogP contribution in [0.15, 0.2) is 72.8 Å². The van der Waals surface area contributed by atoms with E-state index < -0.39 is 5.92 Å². The van der Waals surface area contributed by atoms with Gasteiger partial charge in [0.2, 0.25) is 11.8 Å². The number of anilines is 3. The van der Waals surface area contributed by atoms with Gasteiger partial charge in [-0.05, 0) is 56.3 Å². The molecule has 162 valence electrons. The minimum absolute atomic E-state index is 0.134. The highest BCUT2D eigenvalue weighted by Crippen LogP contribution is 2.27. The highest BCUT2D eigenvalue weighted by Gasteiger charge is 2.35. The van der Waals surface area contributed by atoms with Crippen molar-refractivity contribution in [2.45, 2.75) is 20.3 Å². The Labute approximate surface area is 187 Å². The first-order valence-corrected chi connectivity index (χ1v) is 10.5. The third kappa shape index (κ3) is 4.86. The third-order valence-corrected chi connectivity index (χ3v) is 5.54. The van der Waals surface area contributed by atoms with E-state index in [1.807, 2.05) is 62.4 Å². The number of aryl methyl sites for hydroxylation is 2. The fraction of sp³-hybridized carbons (Fsp3) is 0.192. The molecule has 0 spiro atoms. The zero-order valence-corrected chi connectivity index (χ0v) is 18.1. The minimum atomic E-state index is -0.450. The highest BCUT2D eigenvalue weighted by molar-refractivity contribution is 6.07. The van der Waals surface area contributed by atoms with Crippen LogP contribution in [0.2, 0.25) is 0 Å². The van der Waals surface area contributed by atoms with Crippen molar-refractivity contribution in [3.05, 3.63) is 89.5 Å². The quantitative estimate of drug-likeness (QED) is 0.627. The van der Waals surface area contributed by atoms with Crippen LogP contribution in [0.4, 0.5) is 17.1 Å². The van der Waals surface area contributed by atoms with E-state index in [-0.39, 0.29) is 30.7 Å². The standard InChI is InChI=1S/C26H25N3O3/c1-17-6-10-21(11-7-17)27-25(31)19-4-3-5-23(14-19)29-16-20(15-24(29)30)26(32)28-22-12-8-18(2)9-13-22/h3-14,20H,15-16H2,1-2H3,(H,27,31)(H,28,32)/t20-/m1/s1. The summed E-state index contributed by atoms with van der Waals surface area (Å²) in [5.41, 5.74) is 4.69. The van der Waals surface area contributed by atoms with E-state index in [0.717, 1.165) is 11.1 Å². The van der Waals surface area contributed by atoms with Crippen molar-refractivity contribution in [2.75, 3.05) is 22.1 Å². The molecule has 1 atom stereocenters. The number of carbonyl (C=O) groups excluding carboxylic acids is 3. The molecular formula is C26H25N3O3. The summed E-state index contributed by atoms with van der Waals surface area (Å²) in [6.07, 6.45) is 0.136. The van der Waals surface area contributed by atoms with E-state index in [2.05, 4.69) is 10.6 Å². The number of nitrogens with one attached hydrogen (secondary N) is 2. The molecule has 0 aliphatic carbocycles. The average molecular weight is 428 g/mol. The Morgan fingerprint density at radius 3 is 2.06 bits per heavy atom. The van der Waals surface area contributed by atoms with Gasteiger partial charge in [0.1, 0.15) is 0 Å². The second kappa shape index (κ2) is 9.06. The molecule has 0 unspecified atom stereocenters. The fourth-order valence-corrected chi connectivity index (χ4v) is 3.67. The molecule has 1 saturated heterocycles. The van der Waals surface area contributed by atoms with Crippen LogP contribution in [0.25, 0.3) is 0 Å². The largest absolute Gasteiger partial charge is 0.326 e. The van der Waals surface area contributed by atoms with Crippen LogP contribution < -0.4 is 15.5 Å². The van der Waals surface area contributed by atoms with Gasteiger partial charge in [0.25, 0.3) is 5.91 Å². The molecule has 6 nitrogen and oxygen atoms in total. The number of nitrogens with zero attached hydrogens (tertiary/aromatic N) is 1. The zero-order chi connectivity index (χ0) is 22.7. The van der Waals surface area contributed by atoms with Crippen molar-refractivity contribution in [1.29, 1.82) is 0 Å². The van der Waals surface area contributed by atoms with E-state index in [9.17, 15) is 14.4 Å². The minimum Gasteiger partial charge on any atom is -0.326 e. The molecule has 6 heteroatoms. The number of hydrogen-bond donors (Lipinski definition) is 2. The maximum Gasteiger partial charge on any atom is 0.255 e. The van der Waals surface area contributed by atoms with Crippen molar-refractivity contribution in [3.63, 3.8) is 0 Å². The van der Waals surface area contributed by atoms with Gasteiger partial charge in [0.05, 0.1) is 5.92 Å². The lowest BCUT2D eigenvalue weighted by Gasteiger charge is -2.18. The molecule has 0 bridgehead atoms. The number of carbonyl (C=O) groups is 3. The Kier molecular flexibility index (Phi) is 6.03. The molecule has 1 aliphatic rings. The second-order valence-corrected chi connectivity index (χ2v) is 8.13. The van der Waals surface area contributed by atoms with E-state index in [4.69, 9.17) is 0 Å². The van der Waals surface area contributed by atoms with Crippen molar-refractivity contribution < 1.29 is 14.4 Å². The molecular weight excluding hydrogens is 402 g/mol. The summed E-state index contributed by atoms with van der Waals surface area (Å²) in [5, 5.41) is 5.75. The molecule has 1 aliphatic heterocycles. The zero-order valence-electron chi connectivity index (χ0n) is 18.1. The first-order valence-electron chi connectivity index (χ1n) is 10.5. The van der Waals surface area contributed by atoms with Gasteiger partial charge in [-0.1, -0.05) is 41.5 Å². The maximum atomic E-state index is 12.7. The first kappa shape index (κ1) is 21.3.